The molecule has 0 spiro atoms. The number of nitrogens with zero attached hydrogens (tertiary/aromatic N) is 2. The number of hydrogen-bond donors (Lipinski definition) is 1. The maximum atomic E-state index is 13.4. The summed E-state index contributed by atoms with van der Waals surface area (Å²) in [7, 11) is 0. The Balaban J connectivity index is 0.000000360. The zero-order valence-corrected chi connectivity index (χ0v) is 17.4. The average molecular weight is 462 g/mol. The highest BCUT2D eigenvalue weighted by Crippen LogP contribution is 2.36. The summed E-state index contributed by atoms with van der Waals surface area (Å²) in [6.07, 6.45) is -3.07. The van der Waals surface area contributed by atoms with Gasteiger partial charge in [-0.1, -0.05) is 12.1 Å². The molecule has 3 aliphatic rings. The van der Waals surface area contributed by atoms with Gasteiger partial charge in [-0.3, -0.25) is 14.5 Å². The van der Waals surface area contributed by atoms with Gasteiger partial charge in [-0.2, -0.15) is 13.2 Å². The SMILES string of the molecule is O=C(O)C(F)(F)F.O=C([C@H]1COC[C@H]2CN(Cc3cccc(F)c3)C[C@H]21)N1CCCCO1. The minimum Gasteiger partial charge on any atom is -0.475 e. The van der Waals surface area contributed by atoms with Crippen LogP contribution in [0, 0.1) is 23.6 Å². The lowest BCUT2D eigenvalue weighted by molar-refractivity contribution is -0.207. The van der Waals surface area contributed by atoms with Crippen molar-refractivity contribution in [2.75, 3.05) is 39.5 Å². The third kappa shape index (κ3) is 6.39. The molecular formula is C21H26F4N2O5. The van der Waals surface area contributed by atoms with E-state index in [1.807, 2.05) is 6.07 Å². The number of carboxylic acid groups (broad SMARTS) is 1. The number of likely N-dealkylation sites (tertiary alicyclic amines) is 1. The molecule has 0 bridgehead atoms. The molecule has 3 heterocycles. The summed E-state index contributed by atoms with van der Waals surface area (Å²) in [6, 6.07) is 6.75. The van der Waals surface area contributed by atoms with Gasteiger partial charge in [0.2, 0.25) is 0 Å². The first-order valence-corrected chi connectivity index (χ1v) is 10.4. The predicted molar refractivity (Wildman–Crippen MR) is 104 cm³/mol. The Labute approximate surface area is 182 Å². The molecule has 32 heavy (non-hydrogen) atoms. The van der Waals surface area contributed by atoms with Crippen LogP contribution in [0.1, 0.15) is 18.4 Å². The number of benzene rings is 1. The van der Waals surface area contributed by atoms with E-state index in [9.17, 15) is 22.4 Å². The Morgan fingerprint density at radius 1 is 1.16 bits per heavy atom. The molecule has 1 amide bonds. The van der Waals surface area contributed by atoms with Gasteiger partial charge in [0.15, 0.2) is 0 Å². The molecule has 11 heteroatoms. The van der Waals surface area contributed by atoms with Gasteiger partial charge in [0.1, 0.15) is 5.82 Å². The number of halogens is 4. The van der Waals surface area contributed by atoms with Crippen LogP contribution in [0.25, 0.3) is 0 Å². The molecule has 7 nitrogen and oxygen atoms in total. The number of hydroxylamine groups is 2. The van der Waals surface area contributed by atoms with Crippen LogP contribution in [0.4, 0.5) is 17.6 Å². The summed E-state index contributed by atoms with van der Waals surface area (Å²) >= 11 is 0. The quantitative estimate of drug-likeness (QED) is 0.696. The molecule has 3 saturated heterocycles. The fourth-order valence-corrected chi connectivity index (χ4v) is 4.32. The summed E-state index contributed by atoms with van der Waals surface area (Å²) in [6.45, 7) is 4.95. The number of alkyl halides is 3. The molecule has 3 aliphatic heterocycles. The lowest BCUT2D eigenvalue weighted by atomic mass is 9.82. The van der Waals surface area contributed by atoms with Gasteiger partial charge in [0.25, 0.3) is 5.91 Å². The average Bonchev–Trinajstić information content (AvgIpc) is 3.16. The number of carboxylic acids is 1. The van der Waals surface area contributed by atoms with Crippen molar-refractivity contribution in [3.8, 4) is 0 Å². The van der Waals surface area contributed by atoms with E-state index in [4.69, 9.17) is 19.5 Å². The topological polar surface area (TPSA) is 79.3 Å². The zero-order valence-electron chi connectivity index (χ0n) is 17.4. The van der Waals surface area contributed by atoms with E-state index in [2.05, 4.69) is 4.90 Å². The van der Waals surface area contributed by atoms with E-state index in [0.717, 1.165) is 31.5 Å². The molecular weight excluding hydrogens is 436 g/mol. The van der Waals surface area contributed by atoms with Gasteiger partial charge in [0, 0.05) is 26.2 Å². The lowest BCUT2D eigenvalue weighted by Gasteiger charge is -2.36. The van der Waals surface area contributed by atoms with Crippen LogP contribution < -0.4 is 0 Å². The van der Waals surface area contributed by atoms with Crippen LogP contribution in [-0.2, 0) is 25.7 Å². The Kier molecular flexibility index (Phi) is 8.07. The predicted octanol–water partition coefficient (Wildman–Crippen LogP) is 2.71. The van der Waals surface area contributed by atoms with Crippen molar-refractivity contribution in [1.82, 2.24) is 9.96 Å². The number of carbonyl (C=O) groups is 2. The number of amides is 1. The molecule has 178 valence electrons. The van der Waals surface area contributed by atoms with Crippen molar-refractivity contribution in [2.45, 2.75) is 25.6 Å². The van der Waals surface area contributed by atoms with E-state index < -0.39 is 12.1 Å². The summed E-state index contributed by atoms with van der Waals surface area (Å²) in [5.41, 5.74) is 0.974. The Morgan fingerprint density at radius 2 is 1.91 bits per heavy atom. The highest BCUT2D eigenvalue weighted by Gasteiger charge is 2.45. The van der Waals surface area contributed by atoms with Crippen LogP contribution >= 0.6 is 0 Å². The van der Waals surface area contributed by atoms with Gasteiger partial charge in [-0.05, 0) is 42.4 Å². The summed E-state index contributed by atoms with van der Waals surface area (Å²) < 4.78 is 50.9. The monoisotopic (exact) mass is 462 g/mol. The molecule has 1 N–H and O–H groups in total. The number of rotatable bonds is 3. The van der Waals surface area contributed by atoms with E-state index in [0.29, 0.717) is 44.7 Å². The maximum absolute atomic E-state index is 13.4. The van der Waals surface area contributed by atoms with Gasteiger partial charge < -0.3 is 9.84 Å². The number of fused-ring (bicyclic) bond motifs is 1. The molecule has 3 fully saturated rings. The Morgan fingerprint density at radius 3 is 2.53 bits per heavy atom. The highest BCUT2D eigenvalue weighted by molar-refractivity contribution is 5.78. The second-order valence-corrected chi connectivity index (χ2v) is 8.18. The number of ether oxygens (including phenoxy) is 1. The van der Waals surface area contributed by atoms with Gasteiger partial charge >= 0.3 is 12.1 Å². The largest absolute Gasteiger partial charge is 0.490 e. The smallest absolute Gasteiger partial charge is 0.475 e. The zero-order chi connectivity index (χ0) is 23.3. The first-order valence-electron chi connectivity index (χ1n) is 10.4. The summed E-state index contributed by atoms with van der Waals surface area (Å²) in [5, 5.41) is 8.68. The highest BCUT2D eigenvalue weighted by atomic mass is 19.4. The van der Waals surface area contributed by atoms with Crippen molar-refractivity contribution < 1.29 is 41.8 Å². The van der Waals surface area contributed by atoms with Crippen molar-refractivity contribution in [2.24, 2.45) is 17.8 Å². The van der Waals surface area contributed by atoms with Gasteiger partial charge in [0.05, 0.1) is 25.7 Å². The molecule has 1 aromatic rings. The van der Waals surface area contributed by atoms with Crippen molar-refractivity contribution in [3.63, 3.8) is 0 Å². The van der Waals surface area contributed by atoms with E-state index in [1.54, 1.807) is 17.2 Å². The minimum absolute atomic E-state index is 0.0713. The number of carbonyl (C=O) groups excluding carboxylic acids is 1. The Hall–Kier alpha value is -2.24. The molecule has 0 saturated carbocycles. The molecule has 0 aliphatic carbocycles. The molecule has 4 rings (SSSR count). The van der Waals surface area contributed by atoms with Crippen molar-refractivity contribution >= 4 is 11.9 Å². The van der Waals surface area contributed by atoms with Crippen LogP contribution in [0.2, 0.25) is 0 Å². The normalized spacial score (nSPS) is 26.1. The molecule has 1 aromatic carbocycles. The summed E-state index contributed by atoms with van der Waals surface area (Å²) in [5.74, 6) is -2.36. The number of hydrogen-bond acceptors (Lipinski definition) is 5. The Bertz CT molecular complexity index is 801. The molecule has 0 radical (unpaired) electrons. The second-order valence-electron chi connectivity index (χ2n) is 8.18. The first kappa shape index (κ1) is 24.4. The third-order valence-electron chi connectivity index (χ3n) is 5.82. The fraction of sp³-hybridized carbons (Fsp3) is 0.619. The lowest BCUT2D eigenvalue weighted by Crippen LogP contribution is -2.47. The van der Waals surface area contributed by atoms with Crippen LogP contribution in [0.3, 0.4) is 0 Å². The maximum Gasteiger partial charge on any atom is 0.490 e. The van der Waals surface area contributed by atoms with Crippen LogP contribution in [0.5, 0.6) is 0 Å². The molecule has 0 aromatic heterocycles. The van der Waals surface area contributed by atoms with Crippen molar-refractivity contribution in [3.05, 3.63) is 35.6 Å². The first-order chi connectivity index (χ1) is 15.1. The van der Waals surface area contributed by atoms with Gasteiger partial charge in [-0.25, -0.2) is 14.2 Å². The molecule has 3 atom stereocenters. The minimum atomic E-state index is -5.08. The summed E-state index contributed by atoms with van der Waals surface area (Å²) in [4.78, 5) is 29.6. The standard InChI is InChI=1S/C19H25FN2O3.C2HF3O2/c20-16-5-3-4-14(8-16)9-21-10-15-12-24-13-18(17(15)11-21)19(23)22-6-1-2-7-25-22;3-2(4,5)1(6)7/h3-5,8,15,17-18H,1-2,6-7,9-13H2;(H,6,7)/t15-,17-,18+;/m1./s1. The van der Waals surface area contributed by atoms with Crippen LogP contribution in [-0.4, -0.2) is 72.6 Å². The van der Waals surface area contributed by atoms with Gasteiger partial charge in [-0.15, -0.1) is 0 Å². The van der Waals surface area contributed by atoms with Crippen LogP contribution in [0.15, 0.2) is 24.3 Å². The third-order valence-corrected chi connectivity index (χ3v) is 5.82. The van der Waals surface area contributed by atoms with Crippen molar-refractivity contribution in [1.29, 1.82) is 0 Å². The van der Waals surface area contributed by atoms with E-state index >= 15 is 0 Å². The molecule has 0 unspecified atom stereocenters. The fourth-order valence-electron chi connectivity index (χ4n) is 4.32. The number of aliphatic carboxylic acids is 1. The van der Waals surface area contributed by atoms with E-state index in [-0.39, 0.29) is 17.6 Å². The second kappa shape index (κ2) is 10.6. The van der Waals surface area contributed by atoms with E-state index in [1.165, 1.54) is 6.07 Å².